The molecule has 0 spiro atoms. The summed E-state index contributed by atoms with van der Waals surface area (Å²) in [6, 6.07) is 10.3. The molecule has 0 aliphatic carbocycles. The summed E-state index contributed by atoms with van der Waals surface area (Å²) in [6.45, 7) is 3.18. The van der Waals surface area contributed by atoms with Gasteiger partial charge in [-0.15, -0.1) is 0 Å². The van der Waals surface area contributed by atoms with Crippen LogP contribution >= 0.6 is 0 Å². The average molecular weight is 338 g/mol. The van der Waals surface area contributed by atoms with Gasteiger partial charge >= 0.3 is 6.03 Å². The van der Waals surface area contributed by atoms with Crippen LogP contribution in [-0.2, 0) is 19.4 Å². The number of nitrogens with one attached hydrogen (secondary N) is 3. The highest BCUT2D eigenvalue weighted by atomic mass is 16.2. The molecular weight excluding hydrogens is 316 g/mol. The van der Waals surface area contributed by atoms with E-state index in [4.69, 9.17) is 0 Å². The van der Waals surface area contributed by atoms with Crippen molar-refractivity contribution in [2.75, 3.05) is 6.54 Å². The lowest BCUT2D eigenvalue weighted by atomic mass is 10.1. The number of aromatic nitrogens is 4. The van der Waals surface area contributed by atoms with Crippen LogP contribution < -0.4 is 10.6 Å². The molecule has 25 heavy (non-hydrogen) atoms. The number of amides is 2. The zero-order valence-electron chi connectivity index (χ0n) is 14.2. The Morgan fingerprint density at radius 1 is 1.40 bits per heavy atom. The van der Waals surface area contributed by atoms with E-state index in [2.05, 4.69) is 43.9 Å². The van der Waals surface area contributed by atoms with Crippen LogP contribution in [-0.4, -0.2) is 38.4 Å². The number of nitrogens with zero attached hydrogens (tertiary/aromatic N) is 3. The molecule has 3 aromatic rings. The van der Waals surface area contributed by atoms with Crippen molar-refractivity contribution in [2.45, 2.75) is 38.8 Å². The Morgan fingerprint density at radius 3 is 3.16 bits per heavy atom. The molecular formula is C18H22N6O. The van der Waals surface area contributed by atoms with Crippen molar-refractivity contribution in [3.8, 4) is 0 Å². The Hall–Kier alpha value is -2.83. The quantitative estimate of drug-likeness (QED) is 0.679. The van der Waals surface area contributed by atoms with Gasteiger partial charge in [0.1, 0.15) is 11.6 Å². The Morgan fingerprint density at radius 2 is 2.28 bits per heavy atom. The molecule has 3 N–H and O–H groups in total. The third kappa shape index (κ3) is 3.50. The van der Waals surface area contributed by atoms with Gasteiger partial charge in [0.05, 0.1) is 12.6 Å². The molecule has 2 amide bonds. The second-order valence-corrected chi connectivity index (χ2v) is 6.53. The summed E-state index contributed by atoms with van der Waals surface area (Å²) in [5.74, 6) is 1.80. The highest BCUT2D eigenvalue weighted by Crippen LogP contribution is 2.15. The van der Waals surface area contributed by atoms with Crippen molar-refractivity contribution in [1.82, 2.24) is 30.4 Å². The van der Waals surface area contributed by atoms with Gasteiger partial charge in [0.25, 0.3) is 0 Å². The second-order valence-electron chi connectivity index (χ2n) is 6.53. The molecule has 4 rings (SSSR count). The molecule has 0 fully saturated rings. The summed E-state index contributed by atoms with van der Waals surface area (Å²) in [4.78, 5) is 19.9. The standard InChI is InChI=1S/C18H22N6O/c1-12-20-17-7-6-15(11-24(17)23-12)22-18(25)19-9-8-14-10-13-4-2-3-5-16(13)21-14/h2-5,10,15,21H,6-9,11H2,1H3,(H2,19,22,25). The Balaban J connectivity index is 1.25. The Bertz CT molecular complexity index is 863. The molecule has 0 saturated heterocycles. The topological polar surface area (TPSA) is 87.6 Å². The Labute approximate surface area is 145 Å². The second kappa shape index (κ2) is 6.58. The number of aryl methyl sites for hydroxylation is 2. The van der Waals surface area contributed by atoms with Gasteiger partial charge in [0, 0.05) is 30.6 Å². The molecule has 2 aromatic heterocycles. The molecule has 0 bridgehead atoms. The van der Waals surface area contributed by atoms with Crippen molar-refractivity contribution in [3.63, 3.8) is 0 Å². The zero-order valence-corrected chi connectivity index (χ0v) is 14.2. The molecule has 1 unspecified atom stereocenters. The van der Waals surface area contributed by atoms with E-state index >= 15 is 0 Å². The number of benzene rings is 1. The molecule has 1 aliphatic heterocycles. The number of hydrogen-bond donors (Lipinski definition) is 3. The highest BCUT2D eigenvalue weighted by Gasteiger charge is 2.22. The average Bonchev–Trinajstić information content (AvgIpc) is 3.16. The monoisotopic (exact) mass is 338 g/mol. The van der Waals surface area contributed by atoms with Crippen molar-refractivity contribution < 1.29 is 4.79 Å². The van der Waals surface area contributed by atoms with Crippen molar-refractivity contribution in [2.24, 2.45) is 0 Å². The summed E-state index contributed by atoms with van der Waals surface area (Å²) in [7, 11) is 0. The van der Waals surface area contributed by atoms with E-state index < -0.39 is 0 Å². The SMILES string of the molecule is Cc1nc2n(n1)CC(NC(=O)NCCc1cc3ccccc3[nH]1)CC2. The van der Waals surface area contributed by atoms with Crippen LogP contribution in [0.1, 0.15) is 23.8 Å². The lowest BCUT2D eigenvalue weighted by Gasteiger charge is -2.23. The van der Waals surface area contributed by atoms with E-state index in [9.17, 15) is 4.79 Å². The molecule has 7 nitrogen and oxygen atoms in total. The highest BCUT2D eigenvalue weighted by molar-refractivity contribution is 5.80. The number of fused-ring (bicyclic) bond motifs is 2. The van der Waals surface area contributed by atoms with E-state index in [1.165, 1.54) is 5.39 Å². The molecule has 3 heterocycles. The first-order valence-corrected chi connectivity index (χ1v) is 8.69. The van der Waals surface area contributed by atoms with Crippen LogP contribution in [0.4, 0.5) is 4.79 Å². The molecule has 130 valence electrons. The van der Waals surface area contributed by atoms with Crippen LogP contribution in [0.3, 0.4) is 0 Å². The maximum atomic E-state index is 12.1. The first-order chi connectivity index (χ1) is 12.2. The van der Waals surface area contributed by atoms with Gasteiger partial charge in [-0.05, 0) is 30.9 Å². The fraction of sp³-hybridized carbons (Fsp3) is 0.389. The van der Waals surface area contributed by atoms with Gasteiger partial charge in [0.2, 0.25) is 0 Å². The number of aromatic amines is 1. The van der Waals surface area contributed by atoms with E-state index in [-0.39, 0.29) is 12.1 Å². The van der Waals surface area contributed by atoms with Crippen LogP contribution in [0, 0.1) is 6.92 Å². The third-order valence-electron chi connectivity index (χ3n) is 4.56. The van der Waals surface area contributed by atoms with E-state index in [1.54, 1.807) is 0 Å². The fourth-order valence-electron chi connectivity index (χ4n) is 3.37. The molecule has 0 saturated carbocycles. The molecule has 1 atom stereocenters. The summed E-state index contributed by atoms with van der Waals surface area (Å²) < 4.78 is 1.90. The van der Waals surface area contributed by atoms with Crippen molar-refractivity contribution >= 4 is 16.9 Å². The first kappa shape index (κ1) is 15.7. The fourth-order valence-corrected chi connectivity index (χ4v) is 3.37. The number of hydrogen-bond acceptors (Lipinski definition) is 3. The van der Waals surface area contributed by atoms with Crippen LogP contribution in [0.15, 0.2) is 30.3 Å². The van der Waals surface area contributed by atoms with Crippen molar-refractivity contribution in [1.29, 1.82) is 0 Å². The predicted molar refractivity (Wildman–Crippen MR) is 95.4 cm³/mol. The first-order valence-electron chi connectivity index (χ1n) is 8.69. The molecule has 1 aliphatic rings. The maximum Gasteiger partial charge on any atom is 0.315 e. The van der Waals surface area contributed by atoms with Gasteiger partial charge in [-0.1, -0.05) is 18.2 Å². The summed E-state index contributed by atoms with van der Waals surface area (Å²) in [5.41, 5.74) is 2.25. The Kier molecular flexibility index (Phi) is 4.13. The van der Waals surface area contributed by atoms with E-state index in [0.29, 0.717) is 13.1 Å². The number of H-pyrrole nitrogens is 1. The molecule has 7 heteroatoms. The van der Waals surface area contributed by atoms with Gasteiger partial charge in [-0.25, -0.2) is 14.5 Å². The maximum absolute atomic E-state index is 12.1. The predicted octanol–water partition coefficient (Wildman–Crippen LogP) is 1.92. The lowest BCUT2D eigenvalue weighted by molar-refractivity contribution is 0.232. The number of carbonyl (C=O) groups excluding carboxylic acids is 1. The van der Waals surface area contributed by atoms with Crippen molar-refractivity contribution in [3.05, 3.63) is 47.7 Å². The lowest BCUT2D eigenvalue weighted by Crippen LogP contribution is -2.46. The minimum atomic E-state index is -0.124. The van der Waals surface area contributed by atoms with Gasteiger partial charge in [-0.3, -0.25) is 0 Å². The van der Waals surface area contributed by atoms with E-state index in [1.807, 2.05) is 23.7 Å². The van der Waals surface area contributed by atoms with Crippen LogP contribution in [0.25, 0.3) is 10.9 Å². The minimum Gasteiger partial charge on any atom is -0.358 e. The number of para-hydroxylation sites is 1. The third-order valence-corrected chi connectivity index (χ3v) is 4.56. The zero-order chi connectivity index (χ0) is 17.2. The normalized spacial score (nSPS) is 16.6. The number of urea groups is 1. The summed E-state index contributed by atoms with van der Waals surface area (Å²) in [6.07, 6.45) is 2.52. The number of rotatable bonds is 4. The smallest absolute Gasteiger partial charge is 0.315 e. The number of carbonyl (C=O) groups is 1. The van der Waals surface area contributed by atoms with E-state index in [0.717, 1.165) is 42.1 Å². The van der Waals surface area contributed by atoms with Crippen LogP contribution in [0.5, 0.6) is 0 Å². The van der Waals surface area contributed by atoms with Crippen LogP contribution in [0.2, 0.25) is 0 Å². The summed E-state index contributed by atoms with van der Waals surface area (Å²) >= 11 is 0. The largest absolute Gasteiger partial charge is 0.358 e. The molecule has 1 aromatic carbocycles. The van der Waals surface area contributed by atoms with Gasteiger partial charge in [0.15, 0.2) is 0 Å². The molecule has 0 radical (unpaired) electrons. The minimum absolute atomic E-state index is 0.0988. The van der Waals surface area contributed by atoms with Gasteiger partial charge in [-0.2, -0.15) is 5.10 Å². The van der Waals surface area contributed by atoms with Gasteiger partial charge < -0.3 is 15.6 Å². The summed E-state index contributed by atoms with van der Waals surface area (Å²) in [5, 5.41) is 11.5.